The number of ether oxygens (including phenoxy) is 2. The van der Waals surface area contributed by atoms with Crippen LogP contribution >= 0.6 is 11.8 Å². The first-order valence-electron chi connectivity index (χ1n) is 9.20. The second kappa shape index (κ2) is 5.56. The molecule has 4 nitrogen and oxygen atoms in total. The molecular weight excluding hydrogens is 346 g/mol. The van der Waals surface area contributed by atoms with E-state index in [0.29, 0.717) is 0 Å². The van der Waals surface area contributed by atoms with Crippen LogP contribution in [-0.4, -0.2) is 36.2 Å². The molecule has 136 valence electrons. The van der Waals surface area contributed by atoms with Crippen LogP contribution in [0.4, 0.5) is 0 Å². The fourth-order valence-electron chi connectivity index (χ4n) is 5.97. The standard InChI is InChI=1S/C21H23NO3S/c1-24-14-5-3-13(4-6-14)20-8-7-16(15-11-22-12-17(15)20)21(19(23)25-2)9-10-26-18(20)21/h3-6,11-12,16,18,22H,7-10H2,1-2H3. The van der Waals surface area contributed by atoms with Gasteiger partial charge in [-0.15, -0.1) is 0 Å². The van der Waals surface area contributed by atoms with Gasteiger partial charge in [0.1, 0.15) is 5.75 Å². The minimum atomic E-state index is -0.410. The van der Waals surface area contributed by atoms with E-state index >= 15 is 0 Å². The van der Waals surface area contributed by atoms with Crippen molar-refractivity contribution in [2.24, 2.45) is 5.41 Å². The monoisotopic (exact) mass is 369 g/mol. The number of thioether (sulfide) groups is 1. The highest BCUT2D eigenvalue weighted by Gasteiger charge is 2.69. The first-order valence-corrected chi connectivity index (χ1v) is 10.2. The number of carbonyl (C=O) groups is 1. The largest absolute Gasteiger partial charge is 0.497 e. The lowest BCUT2D eigenvalue weighted by Crippen LogP contribution is -2.60. The van der Waals surface area contributed by atoms with Crippen molar-refractivity contribution in [2.75, 3.05) is 20.0 Å². The van der Waals surface area contributed by atoms with Crippen LogP contribution in [0, 0.1) is 5.41 Å². The van der Waals surface area contributed by atoms with Crippen molar-refractivity contribution in [2.45, 2.75) is 35.8 Å². The Morgan fingerprint density at radius 2 is 2.00 bits per heavy atom. The number of methoxy groups -OCH3 is 2. The van der Waals surface area contributed by atoms with E-state index < -0.39 is 5.41 Å². The van der Waals surface area contributed by atoms with E-state index in [0.717, 1.165) is 30.8 Å². The van der Waals surface area contributed by atoms with Gasteiger partial charge in [0.05, 0.1) is 19.6 Å². The summed E-state index contributed by atoms with van der Waals surface area (Å²) in [6.07, 6.45) is 7.28. The fourth-order valence-corrected chi connectivity index (χ4v) is 8.00. The third-order valence-corrected chi connectivity index (χ3v) is 8.57. The van der Waals surface area contributed by atoms with Gasteiger partial charge in [-0.25, -0.2) is 0 Å². The second-order valence-corrected chi connectivity index (χ2v) is 8.86. The molecule has 2 heterocycles. The zero-order chi connectivity index (χ0) is 17.9. The number of nitrogens with one attached hydrogen (secondary N) is 1. The summed E-state index contributed by atoms with van der Waals surface area (Å²) >= 11 is 1.96. The summed E-state index contributed by atoms with van der Waals surface area (Å²) in [6.45, 7) is 0. The number of hydrogen-bond acceptors (Lipinski definition) is 4. The molecule has 5 heteroatoms. The number of benzene rings is 1. The van der Waals surface area contributed by atoms with Crippen molar-refractivity contribution in [1.82, 2.24) is 4.98 Å². The third-order valence-electron chi connectivity index (χ3n) is 6.97. The lowest BCUT2D eigenvalue weighted by atomic mass is 9.46. The molecule has 3 aliphatic carbocycles. The maximum atomic E-state index is 13.1. The molecular formula is C21H23NO3S. The van der Waals surface area contributed by atoms with Gasteiger partial charge in [0.25, 0.3) is 0 Å². The van der Waals surface area contributed by atoms with Crippen molar-refractivity contribution in [3.05, 3.63) is 53.3 Å². The topological polar surface area (TPSA) is 51.3 Å². The molecule has 1 N–H and O–H groups in total. The average Bonchev–Trinajstić information content (AvgIpc) is 3.36. The molecule has 6 rings (SSSR count). The third kappa shape index (κ3) is 1.75. The van der Waals surface area contributed by atoms with Crippen LogP contribution in [-0.2, 0) is 14.9 Å². The summed E-state index contributed by atoms with van der Waals surface area (Å²) in [6, 6.07) is 8.44. The van der Waals surface area contributed by atoms with E-state index in [1.54, 1.807) is 7.11 Å². The number of fused-ring (bicyclic) bond motifs is 1. The van der Waals surface area contributed by atoms with Gasteiger partial charge in [-0.3, -0.25) is 4.79 Å². The zero-order valence-electron chi connectivity index (χ0n) is 15.1. The van der Waals surface area contributed by atoms with Gasteiger partial charge >= 0.3 is 5.97 Å². The maximum absolute atomic E-state index is 13.1. The van der Waals surface area contributed by atoms with Crippen molar-refractivity contribution < 1.29 is 14.3 Å². The summed E-state index contributed by atoms with van der Waals surface area (Å²) < 4.78 is 10.7. The molecule has 4 unspecified atom stereocenters. The highest BCUT2D eigenvalue weighted by Crippen LogP contribution is 2.71. The van der Waals surface area contributed by atoms with Crippen LogP contribution in [0.1, 0.15) is 41.9 Å². The van der Waals surface area contributed by atoms with Crippen molar-refractivity contribution in [3.8, 4) is 5.75 Å². The van der Waals surface area contributed by atoms with Gasteiger partial charge < -0.3 is 14.5 Å². The predicted octanol–water partition coefficient (Wildman–Crippen LogP) is 3.87. The van der Waals surface area contributed by atoms with E-state index in [-0.39, 0.29) is 22.6 Å². The Morgan fingerprint density at radius 1 is 1.19 bits per heavy atom. The zero-order valence-corrected chi connectivity index (χ0v) is 15.9. The van der Waals surface area contributed by atoms with Gasteiger partial charge in [0.15, 0.2) is 0 Å². The van der Waals surface area contributed by atoms with Crippen LogP contribution in [0.2, 0.25) is 0 Å². The molecule has 0 amide bonds. The highest BCUT2D eigenvalue weighted by atomic mass is 32.2. The first-order chi connectivity index (χ1) is 12.7. The Morgan fingerprint density at radius 3 is 2.73 bits per heavy atom. The van der Waals surface area contributed by atoms with Crippen LogP contribution < -0.4 is 4.74 Å². The number of esters is 1. The molecule has 1 aromatic carbocycles. The second-order valence-electron chi connectivity index (χ2n) is 7.65. The summed E-state index contributed by atoms with van der Waals surface area (Å²) in [5.41, 5.74) is 3.41. The van der Waals surface area contributed by atoms with Gasteiger partial charge in [0.2, 0.25) is 0 Å². The SMILES string of the molecule is COC(=O)C12CCSC1C1(c3ccc(OC)cc3)CCC2c2c[nH]cc21. The van der Waals surface area contributed by atoms with Gasteiger partial charge in [0, 0.05) is 29.0 Å². The molecule has 1 aliphatic heterocycles. The minimum Gasteiger partial charge on any atom is -0.497 e. The van der Waals surface area contributed by atoms with Crippen LogP contribution in [0.3, 0.4) is 0 Å². The smallest absolute Gasteiger partial charge is 0.313 e. The quantitative estimate of drug-likeness (QED) is 0.835. The van der Waals surface area contributed by atoms with Crippen molar-refractivity contribution in [1.29, 1.82) is 0 Å². The predicted molar refractivity (Wildman–Crippen MR) is 102 cm³/mol. The van der Waals surface area contributed by atoms with E-state index in [1.807, 2.05) is 23.9 Å². The van der Waals surface area contributed by atoms with E-state index in [9.17, 15) is 4.79 Å². The van der Waals surface area contributed by atoms with Crippen molar-refractivity contribution >= 4 is 17.7 Å². The summed E-state index contributed by atoms with van der Waals surface area (Å²) in [5, 5.41) is 0.220. The van der Waals surface area contributed by atoms with E-state index in [1.165, 1.54) is 23.8 Å². The molecule has 1 saturated carbocycles. The first kappa shape index (κ1) is 16.3. The number of hydrogen-bond donors (Lipinski definition) is 1. The van der Waals surface area contributed by atoms with Crippen LogP contribution in [0.25, 0.3) is 0 Å². The molecule has 2 fully saturated rings. The Kier molecular flexibility index (Phi) is 3.48. The Labute approximate surface area is 157 Å². The minimum absolute atomic E-state index is 0.0260. The molecule has 1 saturated heterocycles. The Hall–Kier alpha value is -1.88. The average molecular weight is 369 g/mol. The fraction of sp³-hybridized carbons (Fsp3) is 0.476. The molecule has 0 radical (unpaired) electrons. The summed E-state index contributed by atoms with van der Waals surface area (Å²) in [4.78, 5) is 16.4. The molecule has 1 aromatic heterocycles. The number of H-pyrrole nitrogens is 1. The maximum Gasteiger partial charge on any atom is 0.313 e. The van der Waals surface area contributed by atoms with Crippen molar-refractivity contribution in [3.63, 3.8) is 0 Å². The van der Waals surface area contributed by atoms with Gasteiger partial charge in [-0.2, -0.15) is 11.8 Å². The highest BCUT2D eigenvalue weighted by molar-refractivity contribution is 8.00. The molecule has 2 aromatic rings. The number of rotatable bonds is 3. The molecule has 4 atom stereocenters. The lowest BCUT2D eigenvalue weighted by molar-refractivity contribution is -0.157. The van der Waals surface area contributed by atoms with Gasteiger partial charge in [-0.05, 0) is 53.8 Å². The summed E-state index contributed by atoms with van der Waals surface area (Å²) in [5.74, 6) is 2.11. The number of carbonyl (C=O) groups excluding carboxylic acids is 1. The number of aromatic amines is 1. The number of aromatic nitrogens is 1. The van der Waals surface area contributed by atoms with Crippen LogP contribution in [0.15, 0.2) is 36.7 Å². The molecule has 2 bridgehead atoms. The van der Waals surface area contributed by atoms with Gasteiger partial charge in [-0.1, -0.05) is 12.1 Å². The van der Waals surface area contributed by atoms with E-state index in [4.69, 9.17) is 9.47 Å². The normalized spacial score (nSPS) is 34.2. The molecule has 0 spiro atoms. The Bertz CT molecular complexity index is 860. The van der Waals surface area contributed by atoms with E-state index in [2.05, 4.69) is 29.5 Å². The molecule has 26 heavy (non-hydrogen) atoms. The lowest BCUT2D eigenvalue weighted by Gasteiger charge is -2.58. The van der Waals surface area contributed by atoms with Crippen LogP contribution in [0.5, 0.6) is 5.75 Å². The Balaban J connectivity index is 1.77. The molecule has 4 aliphatic rings. The summed E-state index contributed by atoms with van der Waals surface area (Å²) in [7, 11) is 3.23.